The van der Waals surface area contributed by atoms with Gasteiger partial charge >= 0.3 is 5.97 Å². The summed E-state index contributed by atoms with van der Waals surface area (Å²) < 4.78 is 75.1. The van der Waals surface area contributed by atoms with E-state index in [9.17, 15) is 96.4 Å². The predicted octanol–water partition coefficient (Wildman–Crippen LogP) is -11.6. The summed E-state index contributed by atoms with van der Waals surface area (Å²) in [6.45, 7) is -5.56. The summed E-state index contributed by atoms with van der Waals surface area (Å²) in [5, 5.41) is 184. The molecule has 0 aromatic heterocycles. The van der Waals surface area contributed by atoms with E-state index in [1.165, 1.54) is 24.3 Å². The van der Waals surface area contributed by atoms with Crippen molar-refractivity contribution in [1.29, 1.82) is 0 Å². The number of esters is 1. The first-order valence-electron chi connectivity index (χ1n) is 26.1. The van der Waals surface area contributed by atoms with Gasteiger partial charge in [-0.2, -0.15) is 0 Å². The third-order valence-electron chi connectivity index (χ3n) is 14.7. The molecule has 34 nitrogen and oxygen atoms in total. The maximum Gasteiger partial charge on any atom is 0.338 e. The molecule has 82 heavy (non-hydrogen) atoms. The number of nitrogens with two attached hydrogens (primary N) is 1. The van der Waals surface area contributed by atoms with Crippen LogP contribution >= 0.6 is 9.24 Å². The summed E-state index contributed by atoms with van der Waals surface area (Å²) in [4.78, 5) is 25.1. The maximum atomic E-state index is 13.2. The monoisotopic (exact) mass is 1210 g/mol. The number of hydrogen-bond acceptors (Lipinski definition) is 33. The Kier molecular flexibility index (Phi) is 24.8. The highest BCUT2D eigenvalue weighted by molar-refractivity contribution is 7.17. The van der Waals surface area contributed by atoms with Crippen molar-refractivity contribution in [1.82, 2.24) is 5.43 Å². The van der Waals surface area contributed by atoms with Crippen LogP contribution in [0.1, 0.15) is 23.2 Å². The molecular formula is C47H75N2O32P. The van der Waals surface area contributed by atoms with E-state index in [2.05, 4.69) is 9.24 Å². The van der Waals surface area contributed by atoms with Gasteiger partial charge in [0.1, 0.15) is 128 Å². The highest BCUT2D eigenvalue weighted by Crippen LogP contribution is 2.37. The summed E-state index contributed by atoms with van der Waals surface area (Å²) in [5.74, 6) is 3.52. The molecule has 0 radical (unpaired) electrons. The molecule has 13 unspecified atom stereocenters. The van der Waals surface area contributed by atoms with E-state index in [-0.39, 0.29) is 25.0 Å². The summed E-state index contributed by atoms with van der Waals surface area (Å²) in [5.41, 5.74) is 0.871. The molecule has 35 heteroatoms. The molecule has 0 saturated carbocycles. The van der Waals surface area contributed by atoms with E-state index in [0.717, 1.165) is 0 Å². The average molecular weight is 1210 g/mol. The predicted molar refractivity (Wildman–Crippen MR) is 262 cm³/mol. The Morgan fingerprint density at radius 1 is 0.451 bits per heavy atom. The molecule has 31 atom stereocenters. The minimum atomic E-state index is -2.15. The summed E-state index contributed by atoms with van der Waals surface area (Å²) in [6.07, 6.45) is -54.0. The number of carbonyl (C=O) groups excluding carboxylic acids is 2. The van der Waals surface area contributed by atoms with Crippen molar-refractivity contribution >= 4 is 21.1 Å². The molecule has 1 amide bonds. The Bertz CT molecular complexity index is 2120. The fourth-order valence-electron chi connectivity index (χ4n) is 9.81. The standard InChI is InChI=1S/C47H75N2O32P/c48-49-22(54)7-4-8-69-43-34(66)36(79-47-39(32(64)25(57)18(11-52)75-47)81-46-38(31(63)24(56)17(10-51)74-46)78-41(68)15-5-2-1-3-6-15)27(59)21(77-43)14-70-42-33(65)29(61)26(58)20(76-42)13-71-45-37(30(62)23(55)16(9-50)73-45)80-44-35(67)40(82)28(60)19(12-53)72-44/h1-3,5-6,16-21,23-40,42-47,50-53,55-67H,4,7-14,48,82H2,(H,49,54)/t16?,17?,18?,19?,20?,21?,23-,24-,25-,26-,27-,28-,29+,30+,31+,32+,33?,34?,35?,36+,37?,38?,39?,40+,42+,43-,44-,45+,46-,47-/m1/s1. The van der Waals surface area contributed by atoms with Gasteiger partial charge in [0.05, 0.1) is 57.9 Å². The molecule has 1 aromatic rings. The van der Waals surface area contributed by atoms with Crippen molar-refractivity contribution in [3.8, 4) is 0 Å². The second-order valence-electron chi connectivity index (χ2n) is 20.2. The molecule has 0 aliphatic carbocycles. The molecule has 470 valence electrons. The number of benzene rings is 1. The average Bonchev–Trinajstić information content (AvgIpc) is 3.53. The summed E-state index contributed by atoms with van der Waals surface area (Å²) in [7, 11) is 2.17. The van der Waals surface area contributed by atoms with Crippen LogP contribution in [0, 0.1) is 0 Å². The maximum absolute atomic E-state index is 13.2. The topological polar surface area (TPSA) is 536 Å². The van der Waals surface area contributed by atoms with Crippen molar-refractivity contribution in [2.75, 3.05) is 46.2 Å². The molecule has 0 spiro atoms. The lowest BCUT2D eigenvalue weighted by atomic mass is 9.96. The lowest BCUT2D eigenvalue weighted by Crippen LogP contribution is -2.67. The number of amides is 1. The molecule has 0 bridgehead atoms. The Hall–Kier alpha value is -2.61. The minimum Gasteiger partial charge on any atom is -0.450 e. The zero-order chi connectivity index (χ0) is 59.9. The van der Waals surface area contributed by atoms with Crippen LogP contribution < -0.4 is 11.3 Å². The van der Waals surface area contributed by atoms with Crippen LogP contribution in [0.4, 0.5) is 0 Å². The van der Waals surface area contributed by atoms with Gasteiger partial charge in [0.2, 0.25) is 5.91 Å². The van der Waals surface area contributed by atoms with Crippen LogP contribution in [0.25, 0.3) is 0 Å². The van der Waals surface area contributed by atoms with Crippen LogP contribution in [-0.2, 0) is 66.4 Å². The number of nitrogens with one attached hydrogen (secondary N) is 1. The zero-order valence-electron chi connectivity index (χ0n) is 43.5. The number of aliphatic hydroxyl groups excluding tert-OH is 17. The van der Waals surface area contributed by atoms with Gasteiger partial charge in [-0.15, -0.1) is 9.24 Å². The van der Waals surface area contributed by atoms with Gasteiger partial charge in [-0.25, -0.2) is 10.6 Å². The quantitative estimate of drug-likeness (QED) is 0.0121. The third kappa shape index (κ3) is 15.2. The second kappa shape index (κ2) is 30.3. The van der Waals surface area contributed by atoms with Crippen LogP contribution in [-0.4, -0.2) is 329 Å². The fraction of sp³-hybridized carbons (Fsp3) is 0.830. The van der Waals surface area contributed by atoms with Gasteiger partial charge in [0, 0.05) is 12.1 Å². The van der Waals surface area contributed by atoms with E-state index < -0.39 is 235 Å². The lowest BCUT2D eigenvalue weighted by molar-refractivity contribution is -0.390. The highest BCUT2D eigenvalue weighted by Gasteiger charge is 2.57. The second-order valence-corrected chi connectivity index (χ2v) is 21.0. The van der Waals surface area contributed by atoms with Gasteiger partial charge in [-0.1, -0.05) is 18.2 Å². The summed E-state index contributed by atoms with van der Waals surface area (Å²) in [6, 6.07) is 7.31. The van der Waals surface area contributed by atoms with E-state index in [1.807, 2.05) is 5.43 Å². The molecule has 20 N–H and O–H groups in total. The third-order valence-corrected chi connectivity index (χ3v) is 15.5. The van der Waals surface area contributed by atoms with Crippen molar-refractivity contribution in [2.24, 2.45) is 5.84 Å². The molecule has 7 rings (SSSR count). The molecule has 6 aliphatic rings. The zero-order valence-corrected chi connectivity index (χ0v) is 44.6. The van der Waals surface area contributed by atoms with Gasteiger partial charge in [0.15, 0.2) is 43.8 Å². The minimum absolute atomic E-state index is 0.0286. The normalized spacial score (nSPS) is 45.5. The highest BCUT2D eigenvalue weighted by atomic mass is 31.0. The molecule has 6 fully saturated rings. The van der Waals surface area contributed by atoms with E-state index in [0.29, 0.717) is 0 Å². The molecule has 6 saturated heterocycles. The fourth-order valence-corrected chi connectivity index (χ4v) is 10.2. The Morgan fingerprint density at radius 2 is 0.878 bits per heavy atom. The first kappa shape index (κ1) is 66.9. The van der Waals surface area contributed by atoms with Crippen molar-refractivity contribution in [2.45, 2.75) is 197 Å². The smallest absolute Gasteiger partial charge is 0.338 e. The van der Waals surface area contributed by atoms with E-state index >= 15 is 0 Å². The summed E-state index contributed by atoms with van der Waals surface area (Å²) >= 11 is 0. The van der Waals surface area contributed by atoms with Crippen LogP contribution in [0.15, 0.2) is 30.3 Å². The number of ether oxygens (including phenoxy) is 13. The first-order chi connectivity index (χ1) is 39.1. The first-order valence-corrected chi connectivity index (χ1v) is 26.8. The largest absolute Gasteiger partial charge is 0.450 e. The number of aliphatic hydroxyl groups is 17. The molecule has 1 aromatic carbocycles. The number of hydrogen-bond donors (Lipinski definition) is 19. The van der Waals surface area contributed by atoms with Crippen LogP contribution in [0.5, 0.6) is 0 Å². The SMILES string of the molecule is NNC(=O)CCCO[C@@H]1OC(CO[C@H]2OC(CO[C@H]3OC(CO)[C@@H](O)[C@H](O)C3O[C@H]3OC(CO)[C@@H](O)[C@H](P)C3O)[C@@H](O)[C@H](O)C2O)[C@@H](O)[C@H](O[C@H]2OC(CO)[C@@H](O)[C@H](O)C2O[C@H]2OC(CO)[C@@H](O)[C@H](O)C2OC(=O)c2ccccc2)C1O. The van der Waals surface area contributed by atoms with Crippen LogP contribution in [0.3, 0.4) is 0 Å². The van der Waals surface area contributed by atoms with E-state index in [1.54, 1.807) is 6.07 Å². The van der Waals surface area contributed by atoms with Crippen molar-refractivity contribution in [3.05, 3.63) is 35.9 Å². The lowest BCUT2D eigenvalue weighted by Gasteiger charge is -2.49. The number of carbonyl (C=O) groups is 2. The van der Waals surface area contributed by atoms with Crippen molar-refractivity contribution < 1.29 is 158 Å². The van der Waals surface area contributed by atoms with Gasteiger partial charge in [-0.05, 0) is 18.6 Å². The number of rotatable bonds is 23. The van der Waals surface area contributed by atoms with Crippen molar-refractivity contribution in [3.63, 3.8) is 0 Å². The number of hydrazine groups is 1. The Labute approximate surface area is 468 Å². The molecular weight excluding hydrogens is 1140 g/mol. The van der Waals surface area contributed by atoms with Gasteiger partial charge in [0.25, 0.3) is 0 Å². The Morgan fingerprint density at radius 3 is 1.44 bits per heavy atom. The molecule has 6 heterocycles. The van der Waals surface area contributed by atoms with Gasteiger partial charge < -0.3 is 148 Å². The van der Waals surface area contributed by atoms with E-state index in [4.69, 9.17) is 67.4 Å². The molecule has 6 aliphatic heterocycles. The van der Waals surface area contributed by atoms with Crippen LogP contribution in [0.2, 0.25) is 0 Å². The van der Waals surface area contributed by atoms with Gasteiger partial charge in [-0.3, -0.25) is 10.2 Å². The Balaban J connectivity index is 1.09.